The maximum Gasteiger partial charge on any atom is 0.238 e. The second-order valence-electron chi connectivity index (χ2n) is 5.43. The molecular weight excluding hydrogens is 312 g/mol. The quantitative estimate of drug-likeness (QED) is 0.875. The van der Waals surface area contributed by atoms with Crippen LogP contribution in [-0.4, -0.2) is 22.1 Å². The molecule has 0 aromatic heterocycles. The maximum absolute atomic E-state index is 12.3. The van der Waals surface area contributed by atoms with E-state index in [0.717, 1.165) is 19.3 Å². The highest BCUT2D eigenvalue weighted by Crippen LogP contribution is 2.27. The Bertz CT molecular complexity index is 721. The molecule has 1 aliphatic carbocycles. The van der Waals surface area contributed by atoms with E-state index in [9.17, 15) is 16.8 Å². The van der Waals surface area contributed by atoms with E-state index in [0.29, 0.717) is 24.1 Å². The fourth-order valence-corrected chi connectivity index (χ4v) is 4.79. The van der Waals surface area contributed by atoms with Crippen LogP contribution in [0.15, 0.2) is 23.1 Å². The highest BCUT2D eigenvalue weighted by molar-refractivity contribution is 7.93. The zero-order valence-corrected chi connectivity index (χ0v) is 13.5. The lowest BCUT2D eigenvalue weighted by molar-refractivity contribution is 0.486. The van der Waals surface area contributed by atoms with E-state index in [-0.39, 0.29) is 10.1 Å². The zero-order valence-electron chi connectivity index (χ0n) is 11.9. The summed E-state index contributed by atoms with van der Waals surface area (Å²) < 4.78 is 49.8. The summed E-state index contributed by atoms with van der Waals surface area (Å²) in [7, 11) is -7.22. The standard InChI is InChI=1S/C13H20N2O4S2/c1-10-9-12(20(14,16)17)7-8-13(10)15-21(18,19)11-5-3-2-4-6-11/h7-9,11,15H,2-6H2,1H3,(H2,14,16,17). The molecule has 3 N–H and O–H groups in total. The molecule has 0 unspecified atom stereocenters. The first kappa shape index (κ1) is 16.3. The van der Waals surface area contributed by atoms with Gasteiger partial charge in [0, 0.05) is 0 Å². The number of benzene rings is 1. The van der Waals surface area contributed by atoms with Crippen LogP contribution in [0.3, 0.4) is 0 Å². The van der Waals surface area contributed by atoms with Crippen molar-refractivity contribution in [3.05, 3.63) is 23.8 Å². The number of hydrogen-bond donors (Lipinski definition) is 2. The molecule has 0 radical (unpaired) electrons. The molecule has 0 aliphatic heterocycles. The summed E-state index contributed by atoms with van der Waals surface area (Å²) in [5.74, 6) is 0. The van der Waals surface area contributed by atoms with Crippen molar-refractivity contribution in [3.63, 3.8) is 0 Å². The van der Waals surface area contributed by atoms with Crippen molar-refractivity contribution < 1.29 is 16.8 Å². The van der Waals surface area contributed by atoms with Crippen LogP contribution >= 0.6 is 0 Å². The van der Waals surface area contributed by atoms with E-state index in [4.69, 9.17) is 5.14 Å². The molecule has 1 aromatic carbocycles. The van der Waals surface area contributed by atoms with Crippen molar-refractivity contribution >= 4 is 25.7 Å². The van der Waals surface area contributed by atoms with E-state index < -0.39 is 20.0 Å². The maximum atomic E-state index is 12.3. The molecule has 2 rings (SSSR count). The van der Waals surface area contributed by atoms with Crippen molar-refractivity contribution in [3.8, 4) is 0 Å². The van der Waals surface area contributed by atoms with Crippen molar-refractivity contribution in [2.45, 2.75) is 49.2 Å². The highest BCUT2D eigenvalue weighted by atomic mass is 32.2. The molecule has 0 spiro atoms. The molecule has 0 amide bonds. The Hall–Kier alpha value is -1.12. The summed E-state index contributed by atoms with van der Waals surface area (Å²) in [5, 5.41) is 4.68. The average Bonchev–Trinajstić information content (AvgIpc) is 2.41. The topological polar surface area (TPSA) is 106 Å². The average molecular weight is 332 g/mol. The molecule has 1 saturated carbocycles. The molecule has 0 heterocycles. The van der Waals surface area contributed by atoms with Gasteiger partial charge in [0.15, 0.2) is 0 Å². The Balaban J connectivity index is 2.23. The van der Waals surface area contributed by atoms with Crippen LogP contribution < -0.4 is 9.86 Å². The molecular formula is C13H20N2O4S2. The Labute approximate surface area is 125 Å². The number of hydrogen-bond acceptors (Lipinski definition) is 4. The fourth-order valence-electron chi connectivity index (χ4n) is 2.54. The van der Waals surface area contributed by atoms with Gasteiger partial charge in [0.2, 0.25) is 20.0 Å². The summed E-state index contributed by atoms with van der Waals surface area (Å²) >= 11 is 0. The van der Waals surface area contributed by atoms with Gasteiger partial charge in [-0.15, -0.1) is 0 Å². The smallest absolute Gasteiger partial charge is 0.238 e. The first-order chi connectivity index (χ1) is 9.70. The van der Waals surface area contributed by atoms with Gasteiger partial charge < -0.3 is 0 Å². The zero-order chi connectivity index (χ0) is 15.7. The minimum absolute atomic E-state index is 0.0272. The first-order valence-electron chi connectivity index (χ1n) is 6.85. The Morgan fingerprint density at radius 3 is 2.24 bits per heavy atom. The van der Waals surface area contributed by atoms with E-state index in [1.807, 2.05) is 0 Å². The Morgan fingerprint density at radius 1 is 1.10 bits per heavy atom. The van der Waals surface area contributed by atoms with Gasteiger partial charge >= 0.3 is 0 Å². The lowest BCUT2D eigenvalue weighted by Gasteiger charge is -2.23. The van der Waals surface area contributed by atoms with E-state index in [1.165, 1.54) is 18.2 Å². The molecule has 1 fully saturated rings. The van der Waals surface area contributed by atoms with Gasteiger partial charge in [-0.25, -0.2) is 22.0 Å². The van der Waals surface area contributed by atoms with Gasteiger partial charge in [-0.05, 0) is 43.5 Å². The summed E-state index contributed by atoms with van der Waals surface area (Å²) in [4.78, 5) is -0.0272. The summed E-state index contributed by atoms with van der Waals surface area (Å²) in [6.45, 7) is 1.65. The normalized spacial score (nSPS) is 17.6. The number of nitrogens with one attached hydrogen (secondary N) is 1. The van der Waals surface area contributed by atoms with Gasteiger partial charge in [-0.3, -0.25) is 4.72 Å². The monoisotopic (exact) mass is 332 g/mol. The fraction of sp³-hybridized carbons (Fsp3) is 0.538. The molecule has 1 aliphatic rings. The first-order valence-corrected chi connectivity index (χ1v) is 9.94. The van der Waals surface area contributed by atoms with Crippen LogP contribution in [0.5, 0.6) is 0 Å². The SMILES string of the molecule is Cc1cc(S(N)(=O)=O)ccc1NS(=O)(=O)C1CCCCC1. The summed E-state index contributed by atoms with van der Waals surface area (Å²) in [6, 6.07) is 4.12. The highest BCUT2D eigenvalue weighted by Gasteiger charge is 2.27. The van der Waals surface area contributed by atoms with Gasteiger partial charge in [0.25, 0.3) is 0 Å². The third-order valence-corrected chi connectivity index (χ3v) is 6.53. The Kier molecular flexibility index (Phi) is 4.60. The molecule has 8 heteroatoms. The summed E-state index contributed by atoms with van der Waals surface area (Å²) in [6.07, 6.45) is 4.27. The number of anilines is 1. The van der Waals surface area contributed by atoms with Crippen LogP contribution in [0.25, 0.3) is 0 Å². The minimum atomic E-state index is -3.78. The van der Waals surface area contributed by atoms with Crippen LogP contribution in [0.2, 0.25) is 0 Å². The lowest BCUT2D eigenvalue weighted by Crippen LogP contribution is -2.30. The van der Waals surface area contributed by atoms with E-state index >= 15 is 0 Å². The van der Waals surface area contributed by atoms with Gasteiger partial charge in [-0.2, -0.15) is 0 Å². The third-order valence-electron chi connectivity index (χ3n) is 3.77. The van der Waals surface area contributed by atoms with Crippen molar-refractivity contribution in [1.82, 2.24) is 0 Å². The second kappa shape index (κ2) is 5.94. The molecule has 0 saturated heterocycles. The molecule has 6 nitrogen and oxygen atoms in total. The predicted octanol–water partition coefficient (Wildman–Crippen LogP) is 1.72. The number of primary sulfonamides is 1. The van der Waals surface area contributed by atoms with Gasteiger partial charge in [0.1, 0.15) is 0 Å². The molecule has 118 valence electrons. The van der Waals surface area contributed by atoms with Crippen LogP contribution in [0.1, 0.15) is 37.7 Å². The van der Waals surface area contributed by atoms with Crippen molar-refractivity contribution in [2.24, 2.45) is 5.14 Å². The van der Waals surface area contributed by atoms with Crippen LogP contribution in [0.4, 0.5) is 5.69 Å². The number of nitrogens with two attached hydrogens (primary N) is 1. The lowest BCUT2D eigenvalue weighted by atomic mass is 10.0. The van der Waals surface area contributed by atoms with Crippen LogP contribution in [0, 0.1) is 6.92 Å². The van der Waals surface area contributed by atoms with Crippen molar-refractivity contribution in [1.29, 1.82) is 0 Å². The largest absolute Gasteiger partial charge is 0.283 e. The molecule has 21 heavy (non-hydrogen) atoms. The third kappa shape index (κ3) is 3.96. The van der Waals surface area contributed by atoms with E-state index in [1.54, 1.807) is 6.92 Å². The second-order valence-corrected chi connectivity index (χ2v) is 8.95. The number of rotatable bonds is 4. The number of aryl methyl sites for hydroxylation is 1. The summed E-state index contributed by atoms with van der Waals surface area (Å²) in [5.41, 5.74) is 0.925. The predicted molar refractivity (Wildman–Crippen MR) is 82.0 cm³/mol. The van der Waals surface area contributed by atoms with Crippen LogP contribution in [-0.2, 0) is 20.0 Å². The minimum Gasteiger partial charge on any atom is -0.283 e. The number of sulfonamides is 2. The molecule has 0 atom stereocenters. The molecule has 0 bridgehead atoms. The van der Waals surface area contributed by atoms with Crippen molar-refractivity contribution in [2.75, 3.05) is 4.72 Å². The van der Waals surface area contributed by atoms with Gasteiger partial charge in [-0.1, -0.05) is 19.3 Å². The molecule has 1 aromatic rings. The Morgan fingerprint density at radius 2 is 1.71 bits per heavy atom. The van der Waals surface area contributed by atoms with E-state index in [2.05, 4.69) is 4.72 Å². The van der Waals surface area contributed by atoms with Gasteiger partial charge in [0.05, 0.1) is 15.8 Å².